The van der Waals surface area contributed by atoms with Crippen LogP contribution in [0.5, 0.6) is 0 Å². The molecule has 1 aromatic rings. The van der Waals surface area contributed by atoms with Crippen molar-refractivity contribution >= 4 is 21.6 Å². The predicted octanol–water partition coefficient (Wildman–Crippen LogP) is 2.02. The SMILES string of the molecule is O=S(=O)(CC1CCCO1)NCc1cccc(CCl)c1. The Hall–Kier alpha value is -0.620. The first-order valence-corrected chi connectivity index (χ1v) is 8.50. The van der Waals surface area contributed by atoms with E-state index >= 15 is 0 Å². The summed E-state index contributed by atoms with van der Waals surface area (Å²) in [6, 6.07) is 7.57. The highest BCUT2D eigenvalue weighted by atomic mass is 35.5. The summed E-state index contributed by atoms with van der Waals surface area (Å²) in [5, 5.41) is 0. The van der Waals surface area contributed by atoms with Crippen molar-refractivity contribution in [1.29, 1.82) is 0 Å². The van der Waals surface area contributed by atoms with Crippen molar-refractivity contribution < 1.29 is 13.2 Å². The van der Waals surface area contributed by atoms with E-state index in [1.165, 1.54) is 0 Å². The van der Waals surface area contributed by atoms with Gasteiger partial charge < -0.3 is 4.74 Å². The van der Waals surface area contributed by atoms with Gasteiger partial charge in [-0.15, -0.1) is 11.6 Å². The van der Waals surface area contributed by atoms with Gasteiger partial charge >= 0.3 is 0 Å². The largest absolute Gasteiger partial charge is 0.377 e. The molecule has 6 heteroatoms. The quantitative estimate of drug-likeness (QED) is 0.818. The van der Waals surface area contributed by atoms with Crippen molar-refractivity contribution in [1.82, 2.24) is 4.72 Å². The third kappa shape index (κ3) is 4.76. The molecule has 1 fully saturated rings. The van der Waals surface area contributed by atoms with Gasteiger partial charge in [0.15, 0.2) is 0 Å². The molecule has 1 aliphatic heterocycles. The second kappa shape index (κ2) is 6.70. The Balaban J connectivity index is 1.89. The van der Waals surface area contributed by atoms with Crippen LogP contribution in [0.1, 0.15) is 24.0 Å². The molecule has 0 radical (unpaired) electrons. The molecule has 1 heterocycles. The standard InChI is InChI=1S/C13H18ClNO3S/c14-8-11-3-1-4-12(7-11)9-15-19(16,17)10-13-5-2-6-18-13/h1,3-4,7,13,15H,2,5-6,8-10H2. The van der Waals surface area contributed by atoms with Crippen LogP contribution in [0.15, 0.2) is 24.3 Å². The minimum Gasteiger partial charge on any atom is -0.377 e. The first-order chi connectivity index (χ1) is 9.09. The van der Waals surface area contributed by atoms with Crippen molar-refractivity contribution in [3.05, 3.63) is 35.4 Å². The molecule has 1 unspecified atom stereocenters. The lowest BCUT2D eigenvalue weighted by Gasteiger charge is -2.11. The number of hydrogen-bond acceptors (Lipinski definition) is 3. The summed E-state index contributed by atoms with van der Waals surface area (Å²) >= 11 is 5.75. The van der Waals surface area contributed by atoms with Crippen molar-refractivity contribution in [2.75, 3.05) is 12.4 Å². The lowest BCUT2D eigenvalue weighted by molar-refractivity contribution is 0.127. The molecule has 4 nitrogen and oxygen atoms in total. The van der Waals surface area contributed by atoms with Gasteiger partial charge in [-0.05, 0) is 24.0 Å². The van der Waals surface area contributed by atoms with Gasteiger partial charge in [-0.2, -0.15) is 0 Å². The van der Waals surface area contributed by atoms with E-state index in [0.29, 0.717) is 19.0 Å². The number of alkyl halides is 1. The lowest BCUT2D eigenvalue weighted by atomic mass is 10.1. The monoisotopic (exact) mass is 303 g/mol. The minimum atomic E-state index is -3.29. The smallest absolute Gasteiger partial charge is 0.214 e. The van der Waals surface area contributed by atoms with E-state index in [9.17, 15) is 8.42 Å². The maximum atomic E-state index is 11.9. The topological polar surface area (TPSA) is 55.4 Å². The maximum absolute atomic E-state index is 11.9. The molecular weight excluding hydrogens is 286 g/mol. The van der Waals surface area contributed by atoms with Crippen LogP contribution in [0.25, 0.3) is 0 Å². The fraction of sp³-hybridized carbons (Fsp3) is 0.538. The molecule has 106 valence electrons. The maximum Gasteiger partial charge on any atom is 0.214 e. The number of hydrogen-bond donors (Lipinski definition) is 1. The van der Waals surface area contributed by atoms with E-state index in [2.05, 4.69) is 4.72 Å². The van der Waals surface area contributed by atoms with Crippen LogP contribution in [0.4, 0.5) is 0 Å². The van der Waals surface area contributed by atoms with E-state index < -0.39 is 10.0 Å². The summed E-state index contributed by atoms with van der Waals surface area (Å²) in [4.78, 5) is 0. The van der Waals surface area contributed by atoms with Gasteiger partial charge in [0.05, 0.1) is 11.9 Å². The highest BCUT2D eigenvalue weighted by Crippen LogP contribution is 2.14. The number of nitrogens with one attached hydrogen (secondary N) is 1. The molecule has 0 amide bonds. The number of rotatable bonds is 6. The van der Waals surface area contributed by atoms with Gasteiger partial charge in [-0.25, -0.2) is 13.1 Å². The van der Waals surface area contributed by atoms with Crippen molar-refractivity contribution in [2.45, 2.75) is 31.4 Å². The van der Waals surface area contributed by atoms with Crippen LogP contribution in [0.3, 0.4) is 0 Å². The average Bonchev–Trinajstić information content (AvgIpc) is 2.89. The van der Waals surface area contributed by atoms with Crippen molar-refractivity contribution in [3.63, 3.8) is 0 Å². The zero-order valence-electron chi connectivity index (χ0n) is 10.6. The Labute approximate surface area is 119 Å². The van der Waals surface area contributed by atoms with E-state index in [1.54, 1.807) is 0 Å². The van der Waals surface area contributed by atoms with Gasteiger partial charge in [-0.3, -0.25) is 0 Å². The summed E-state index contributed by atoms with van der Waals surface area (Å²) < 4.78 is 31.7. The lowest BCUT2D eigenvalue weighted by Crippen LogP contribution is -2.31. The van der Waals surface area contributed by atoms with Gasteiger partial charge in [0.25, 0.3) is 0 Å². The van der Waals surface area contributed by atoms with E-state index in [4.69, 9.17) is 16.3 Å². The summed E-state index contributed by atoms with van der Waals surface area (Å²) in [5.74, 6) is 0.471. The van der Waals surface area contributed by atoms with Gasteiger partial charge in [-0.1, -0.05) is 24.3 Å². The highest BCUT2D eigenvalue weighted by molar-refractivity contribution is 7.89. The first kappa shape index (κ1) is 14.8. The number of sulfonamides is 1. The Morgan fingerprint density at radius 1 is 1.37 bits per heavy atom. The molecule has 0 bridgehead atoms. The summed E-state index contributed by atoms with van der Waals surface area (Å²) in [7, 11) is -3.29. The Bertz CT molecular complexity index is 512. The van der Waals surface area contributed by atoms with E-state index in [-0.39, 0.29) is 11.9 Å². The van der Waals surface area contributed by atoms with Crippen molar-refractivity contribution in [2.24, 2.45) is 0 Å². The molecule has 2 rings (SSSR count). The third-order valence-electron chi connectivity index (χ3n) is 3.07. The highest BCUT2D eigenvalue weighted by Gasteiger charge is 2.22. The molecule has 1 N–H and O–H groups in total. The van der Waals surface area contributed by atoms with Crippen LogP contribution in [-0.2, 0) is 27.2 Å². The third-order valence-corrected chi connectivity index (χ3v) is 4.77. The van der Waals surface area contributed by atoms with Crippen LogP contribution in [0.2, 0.25) is 0 Å². The second-order valence-corrected chi connectivity index (χ2v) is 6.81. The number of halogens is 1. The normalized spacial score (nSPS) is 19.7. The molecule has 0 aromatic heterocycles. The Morgan fingerprint density at radius 2 is 2.16 bits per heavy atom. The van der Waals surface area contributed by atoms with Crippen molar-refractivity contribution in [3.8, 4) is 0 Å². The molecule has 0 saturated carbocycles. The molecule has 0 spiro atoms. The molecule has 0 aliphatic carbocycles. The fourth-order valence-electron chi connectivity index (χ4n) is 2.10. The van der Waals surface area contributed by atoms with Gasteiger partial charge in [0, 0.05) is 19.0 Å². The Kier molecular flexibility index (Phi) is 5.21. The molecule has 1 aliphatic rings. The van der Waals surface area contributed by atoms with Gasteiger partial charge in [0.2, 0.25) is 10.0 Å². The summed E-state index contributed by atoms with van der Waals surface area (Å²) in [6.45, 7) is 0.956. The predicted molar refractivity (Wildman–Crippen MR) is 75.6 cm³/mol. The van der Waals surface area contributed by atoms with Crippen LogP contribution in [0, 0.1) is 0 Å². The van der Waals surface area contributed by atoms with Crippen LogP contribution >= 0.6 is 11.6 Å². The minimum absolute atomic E-state index is 0.0438. The van der Waals surface area contributed by atoms with Crippen LogP contribution < -0.4 is 4.72 Å². The molecule has 1 atom stereocenters. The number of benzene rings is 1. The second-order valence-electron chi connectivity index (χ2n) is 4.69. The van der Waals surface area contributed by atoms with E-state index in [0.717, 1.165) is 24.0 Å². The zero-order chi connectivity index (χ0) is 13.7. The fourth-order valence-corrected chi connectivity index (χ4v) is 3.52. The number of ether oxygens (including phenoxy) is 1. The Morgan fingerprint density at radius 3 is 2.84 bits per heavy atom. The van der Waals surface area contributed by atoms with Gasteiger partial charge in [0.1, 0.15) is 0 Å². The molecule has 1 saturated heterocycles. The molecule has 19 heavy (non-hydrogen) atoms. The zero-order valence-corrected chi connectivity index (χ0v) is 12.2. The van der Waals surface area contributed by atoms with Crippen LogP contribution in [-0.4, -0.2) is 26.9 Å². The molecular formula is C13H18ClNO3S. The summed E-state index contributed by atoms with van der Waals surface area (Å²) in [6.07, 6.45) is 1.60. The first-order valence-electron chi connectivity index (χ1n) is 6.32. The average molecular weight is 304 g/mol. The molecule has 1 aromatic carbocycles. The van der Waals surface area contributed by atoms with E-state index in [1.807, 2.05) is 24.3 Å². The summed E-state index contributed by atoms with van der Waals surface area (Å²) in [5.41, 5.74) is 1.89.